The molecule has 1 aliphatic rings. The summed E-state index contributed by atoms with van der Waals surface area (Å²) in [6.45, 7) is 3.15. The van der Waals surface area contributed by atoms with Crippen LogP contribution in [-0.2, 0) is 14.9 Å². The molecule has 1 aromatic carbocycles. The van der Waals surface area contributed by atoms with Crippen LogP contribution in [0.5, 0.6) is 0 Å². The Bertz CT molecular complexity index is 396. The molecule has 100 valence electrons. The van der Waals surface area contributed by atoms with Crippen molar-refractivity contribution in [1.82, 2.24) is 5.32 Å². The molecular weight excluding hydrogens is 250 g/mol. The molecule has 0 amide bonds. The van der Waals surface area contributed by atoms with Gasteiger partial charge < -0.3 is 10.1 Å². The predicted octanol–water partition coefficient (Wildman–Crippen LogP) is 2.15. The minimum absolute atomic E-state index is 0. The molecular formula is C14H20ClNO2. The van der Waals surface area contributed by atoms with E-state index in [2.05, 4.69) is 5.32 Å². The van der Waals surface area contributed by atoms with Gasteiger partial charge in [0.15, 0.2) is 0 Å². The molecule has 2 atom stereocenters. The molecule has 0 heterocycles. The van der Waals surface area contributed by atoms with Crippen LogP contribution < -0.4 is 5.32 Å². The van der Waals surface area contributed by atoms with E-state index in [1.807, 2.05) is 44.3 Å². The maximum atomic E-state index is 12.2. The van der Waals surface area contributed by atoms with Gasteiger partial charge in [0, 0.05) is 0 Å². The number of benzene rings is 1. The lowest BCUT2D eigenvalue weighted by atomic mass is 9.93. The van der Waals surface area contributed by atoms with Crippen molar-refractivity contribution in [3.05, 3.63) is 35.9 Å². The van der Waals surface area contributed by atoms with Crippen molar-refractivity contribution in [2.24, 2.45) is 5.92 Å². The van der Waals surface area contributed by atoms with Crippen molar-refractivity contribution in [3.63, 3.8) is 0 Å². The number of carbonyl (C=O) groups excluding carboxylic acids is 1. The molecule has 1 aliphatic carbocycles. The van der Waals surface area contributed by atoms with Crippen LogP contribution in [0, 0.1) is 5.92 Å². The minimum atomic E-state index is -0.402. The number of hydrogen-bond acceptors (Lipinski definition) is 3. The number of nitrogens with one attached hydrogen (secondary N) is 1. The number of rotatable bonds is 5. The van der Waals surface area contributed by atoms with Crippen LogP contribution >= 0.6 is 12.4 Å². The first kappa shape index (κ1) is 15.0. The zero-order valence-electron chi connectivity index (χ0n) is 10.8. The van der Waals surface area contributed by atoms with Gasteiger partial charge in [0.05, 0.1) is 12.0 Å². The molecule has 18 heavy (non-hydrogen) atoms. The summed E-state index contributed by atoms with van der Waals surface area (Å²) in [7, 11) is 1.92. The van der Waals surface area contributed by atoms with Crippen LogP contribution in [-0.4, -0.2) is 26.2 Å². The fourth-order valence-corrected chi connectivity index (χ4v) is 2.54. The second-order valence-corrected chi connectivity index (χ2v) is 4.52. The van der Waals surface area contributed by atoms with Crippen LogP contribution in [0.2, 0.25) is 0 Å². The van der Waals surface area contributed by atoms with Crippen LogP contribution in [0.1, 0.15) is 18.9 Å². The van der Waals surface area contributed by atoms with Crippen LogP contribution in [0.25, 0.3) is 0 Å². The van der Waals surface area contributed by atoms with E-state index in [4.69, 9.17) is 4.74 Å². The quantitative estimate of drug-likeness (QED) is 0.833. The van der Waals surface area contributed by atoms with Crippen LogP contribution in [0.15, 0.2) is 30.3 Å². The van der Waals surface area contributed by atoms with Gasteiger partial charge >= 0.3 is 5.97 Å². The van der Waals surface area contributed by atoms with Gasteiger partial charge in [0.1, 0.15) is 0 Å². The van der Waals surface area contributed by atoms with Gasteiger partial charge in [-0.2, -0.15) is 0 Å². The molecule has 0 aliphatic heterocycles. The third-order valence-electron chi connectivity index (χ3n) is 3.48. The average Bonchev–Trinajstić information content (AvgIpc) is 3.07. The van der Waals surface area contributed by atoms with E-state index in [-0.39, 0.29) is 18.4 Å². The molecule has 0 aromatic heterocycles. The summed E-state index contributed by atoms with van der Waals surface area (Å²) < 4.78 is 5.23. The molecule has 0 spiro atoms. The summed E-state index contributed by atoms with van der Waals surface area (Å²) in [4.78, 5) is 12.2. The van der Waals surface area contributed by atoms with Crippen molar-refractivity contribution in [1.29, 1.82) is 0 Å². The molecule has 2 rings (SSSR count). The molecule has 3 nitrogen and oxygen atoms in total. The lowest BCUT2D eigenvalue weighted by molar-refractivity contribution is -0.146. The van der Waals surface area contributed by atoms with E-state index in [0.29, 0.717) is 12.5 Å². The highest BCUT2D eigenvalue weighted by Crippen LogP contribution is 2.54. The highest BCUT2D eigenvalue weighted by molar-refractivity contribution is 5.87. The Hall–Kier alpha value is -1.06. The molecule has 4 heteroatoms. The van der Waals surface area contributed by atoms with Crippen LogP contribution in [0.3, 0.4) is 0 Å². The largest absolute Gasteiger partial charge is 0.465 e. The molecule has 0 bridgehead atoms. The second kappa shape index (κ2) is 6.21. The summed E-state index contributed by atoms with van der Waals surface area (Å²) in [6.07, 6.45) is 0.886. The molecule has 1 fully saturated rings. The lowest BCUT2D eigenvalue weighted by Crippen LogP contribution is -2.28. The smallest absolute Gasteiger partial charge is 0.316 e. The predicted molar refractivity (Wildman–Crippen MR) is 74.0 cm³/mol. The molecule has 1 unspecified atom stereocenters. The van der Waals surface area contributed by atoms with Gasteiger partial charge in [0.25, 0.3) is 0 Å². The third-order valence-corrected chi connectivity index (χ3v) is 3.48. The Morgan fingerprint density at radius 1 is 1.44 bits per heavy atom. The molecule has 0 radical (unpaired) electrons. The topological polar surface area (TPSA) is 38.3 Å². The first-order valence-electron chi connectivity index (χ1n) is 6.13. The first-order valence-corrected chi connectivity index (χ1v) is 6.13. The Kier molecular flexibility index (Phi) is 5.17. The van der Waals surface area contributed by atoms with Gasteiger partial charge in [-0.15, -0.1) is 12.4 Å². The molecule has 1 aromatic rings. The van der Waals surface area contributed by atoms with Crippen molar-refractivity contribution in [2.75, 3.05) is 20.2 Å². The molecule has 1 saturated carbocycles. The van der Waals surface area contributed by atoms with Crippen molar-refractivity contribution in [3.8, 4) is 0 Å². The summed E-state index contributed by atoms with van der Waals surface area (Å²) >= 11 is 0. The van der Waals surface area contributed by atoms with E-state index in [9.17, 15) is 4.79 Å². The maximum Gasteiger partial charge on any atom is 0.316 e. The van der Waals surface area contributed by atoms with Gasteiger partial charge in [0.2, 0.25) is 0 Å². The Morgan fingerprint density at radius 2 is 2.11 bits per heavy atom. The summed E-state index contributed by atoms with van der Waals surface area (Å²) in [5, 5.41) is 3.14. The Balaban J connectivity index is 0.00000162. The first-order chi connectivity index (χ1) is 8.25. The number of carbonyl (C=O) groups is 1. The van der Waals surface area contributed by atoms with E-state index in [1.165, 1.54) is 0 Å². The fraction of sp³-hybridized carbons (Fsp3) is 0.500. The van der Waals surface area contributed by atoms with Gasteiger partial charge in [-0.25, -0.2) is 0 Å². The van der Waals surface area contributed by atoms with Gasteiger partial charge in [-0.1, -0.05) is 30.3 Å². The molecule has 0 saturated heterocycles. The van der Waals surface area contributed by atoms with E-state index in [1.54, 1.807) is 0 Å². The van der Waals surface area contributed by atoms with Gasteiger partial charge in [-0.05, 0) is 38.4 Å². The minimum Gasteiger partial charge on any atom is -0.465 e. The number of halogens is 1. The number of esters is 1. The Morgan fingerprint density at radius 3 is 2.67 bits per heavy atom. The maximum absolute atomic E-state index is 12.2. The highest BCUT2D eigenvalue weighted by atomic mass is 35.5. The van der Waals surface area contributed by atoms with E-state index < -0.39 is 5.41 Å². The second-order valence-electron chi connectivity index (χ2n) is 4.52. The van der Waals surface area contributed by atoms with E-state index >= 15 is 0 Å². The van der Waals surface area contributed by atoms with Gasteiger partial charge in [-0.3, -0.25) is 4.79 Å². The zero-order chi connectivity index (χ0) is 12.3. The lowest BCUT2D eigenvalue weighted by Gasteiger charge is -2.16. The van der Waals surface area contributed by atoms with Crippen LogP contribution in [0.4, 0.5) is 0 Å². The molecule has 1 N–H and O–H groups in total. The number of hydrogen-bond donors (Lipinski definition) is 1. The van der Waals surface area contributed by atoms with Crippen molar-refractivity contribution >= 4 is 18.4 Å². The summed E-state index contributed by atoms with van der Waals surface area (Å²) in [5.41, 5.74) is 0.680. The zero-order valence-corrected chi connectivity index (χ0v) is 11.6. The summed E-state index contributed by atoms with van der Waals surface area (Å²) in [6, 6.07) is 9.97. The summed E-state index contributed by atoms with van der Waals surface area (Å²) in [5.74, 6) is 0.278. The normalized spacial score (nSPS) is 25.1. The monoisotopic (exact) mass is 269 g/mol. The Labute approximate surface area is 114 Å². The SMILES string of the molecule is CCOC(=O)[C@@]1(c2ccccc2)CC1CNC.Cl. The van der Waals surface area contributed by atoms with Crippen molar-refractivity contribution < 1.29 is 9.53 Å². The van der Waals surface area contributed by atoms with E-state index in [0.717, 1.165) is 18.5 Å². The fourth-order valence-electron chi connectivity index (χ4n) is 2.54. The highest BCUT2D eigenvalue weighted by Gasteiger charge is 2.61. The third kappa shape index (κ3) is 2.52. The number of ether oxygens (including phenoxy) is 1. The standard InChI is InChI=1S/C14H19NO2.ClH/c1-3-17-13(16)14(9-12(14)10-15-2)11-7-5-4-6-8-11;/h4-8,12,15H,3,9-10H2,1-2H3;1H/t12?,14-;/m1./s1. The average molecular weight is 270 g/mol. The van der Waals surface area contributed by atoms with Crippen molar-refractivity contribution in [2.45, 2.75) is 18.8 Å².